The molecule has 2 N–H and O–H groups in total. The maximum Gasteiger partial charge on any atom is 0.319 e. The molecule has 0 radical (unpaired) electrons. The van der Waals surface area contributed by atoms with Gasteiger partial charge in [0, 0.05) is 36.6 Å². The van der Waals surface area contributed by atoms with Crippen molar-refractivity contribution < 1.29 is 4.79 Å². The van der Waals surface area contributed by atoms with Gasteiger partial charge in [-0.1, -0.05) is 42.5 Å². The molecule has 0 spiro atoms. The molecule has 5 rings (SSSR count). The molecule has 0 fully saturated rings. The summed E-state index contributed by atoms with van der Waals surface area (Å²) in [5, 5.41) is 6.25. The van der Waals surface area contributed by atoms with Crippen molar-refractivity contribution in [1.82, 2.24) is 10.3 Å². The van der Waals surface area contributed by atoms with E-state index in [0.717, 1.165) is 43.9 Å². The van der Waals surface area contributed by atoms with E-state index in [4.69, 9.17) is 0 Å². The van der Waals surface area contributed by atoms with Crippen molar-refractivity contribution in [3.63, 3.8) is 0 Å². The molecule has 3 aromatic rings. The predicted octanol–water partition coefficient (Wildman–Crippen LogP) is 4.28. The van der Waals surface area contributed by atoms with Crippen LogP contribution in [0.2, 0.25) is 0 Å². The molecule has 1 unspecified atom stereocenters. The molecule has 5 heteroatoms. The second kappa shape index (κ2) is 7.59. The molecule has 2 amide bonds. The number of nitrogens with zero attached hydrogens (tertiary/aromatic N) is 2. The molecule has 2 aromatic carbocycles. The number of fused-ring (bicyclic) bond motifs is 2. The maximum atomic E-state index is 12.7. The Kier molecular flexibility index (Phi) is 4.64. The zero-order chi connectivity index (χ0) is 19.6. The lowest BCUT2D eigenvalue weighted by atomic mass is 9.88. The summed E-state index contributed by atoms with van der Waals surface area (Å²) in [5.41, 5.74) is 6.04. The van der Waals surface area contributed by atoms with Crippen LogP contribution in [0.3, 0.4) is 0 Å². The van der Waals surface area contributed by atoms with Crippen LogP contribution in [0.4, 0.5) is 16.3 Å². The number of hydrogen-bond donors (Lipinski definition) is 2. The van der Waals surface area contributed by atoms with Crippen LogP contribution in [-0.4, -0.2) is 17.1 Å². The van der Waals surface area contributed by atoms with Crippen LogP contribution < -0.4 is 15.5 Å². The summed E-state index contributed by atoms with van der Waals surface area (Å²) < 4.78 is 0. The number of aromatic nitrogens is 1. The Hall–Kier alpha value is -3.34. The van der Waals surface area contributed by atoms with E-state index >= 15 is 0 Å². The van der Waals surface area contributed by atoms with Gasteiger partial charge in [-0.3, -0.25) is 0 Å². The third-order valence-corrected chi connectivity index (χ3v) is 5.89. The highest BCUT2D eigenvalue weighted by molar-refractivity contribution is 5.90. The molecule has 0 saturated heterocycles. The molecule has 0 saturated carbocycles. The first-order chi connectivity index (χ1) is 14.3. The van der Waals surface area contributed by atoms with E-state index in [0.29, 0.717) is 0 Å². The lowest BCUT2D eigenvalue weighted by Crippen LogP contribution is -2.41. The zero-order valence-corrected chi connectivity index (χ0v) is 16.3. The summed E-state index contributed by atoms with van der Waals surface area (Å²) in [5.74, 6) is 0.958. The number of carbonyl (C=O) groups excluding carboxylic acids is 1. The number of carbonyl (C=O) groups is 1. The standard InChI is InChI=1S/C24H24N4O/c29-24(26-20-12-11-17-6-1-2-7-18(17)14-20)27-22-9-5-8-19-15-28(16-21(19)22)23-10-3-4-13-25-23/h1-10,13,20H,11-12,14-16H2,(H2,26,27,29). The van der Waals surface area contributed by atoms with Crippen LogP contribution in [0, 0.1) is 0 Å². The van der Waals surface area contributed by atoms with Crippen molar-refractivity contribution in [3.05, 3.63) is 89.1 Å². The number of anilines is 2. The van der Waals surface area contributed by atoms with Gasteiger partial charge >= 0.3 is 6.03 Å². The average molecular weight is 384 g/mol. The largest absolute Gasteiger partial charge is 0.348 e. The number of pyridine rings is 1. The summed E-state index contributed by atoms with van der Waals surface area (Å²) in [4.78, 5) is 19.4. The minimum atomic E-state index is -0.126. The van der Waals surface area contributed by atoms with E-state index in [2.05, 4.69) is 50.8 Å². The topological polar surface area (TPSA) is 57.3 Å². The number of hydrogen-bond acceptors (Lipinski definition) is 3. The fourth-order valence-electron chi connectivity index (χ4n) is 4.41. The van der Waals surface area contributed by atoms with Crippen LogP contribution in [0.1, 0.15) is 28.7 Å². The Balaban J connectivity index is 1.26. The van der Waals surface area contributed by atoms with Gasteiger partial charge < -0.3 is 15.5 Å². The van der Waals surface area contributed by atoms with Crippen LogP contribution >= 0.6 is 0 Å². The SMILES string of the molecule is O=C(Nc1cccc2c1CN(c1ccccn1)C2)NC1CCc2ccccc2C1. The number of rotatable bonds is 3. The normalized spacial score (nSPS) is 17.4. The molecule has 1 aromatic heterocycles. The summed E-state index contributed by atoms with van der Waals surface area (Å²) in [7, 11) is 0. The molecule has 29 heavy (non-hydrogen) atoms. The molecule has 1 aliphatic heterocycles. The zero-order valence-electron chi connectivity index (χ0n) is 16.3. The quantitative estimate of drug-likeness (QED) is 0.709. The molecule has 2 aliphatic rings. The van der Waals surface area contributed by atoms with Crippen LogP contribution in [0.15, 0.2) is 66.9 Å². The molecule has 2 heterocycles. The number of aryl methyl sites for hydroxylation is 1. The lowest BCUT2D eigenvalue weighted by molar-refractivity contribution is 0.247. The summed E-state index contributed by atoms with van der Waals surface area (Å²) in [6.45, 7) is 1.56. The van der Waals surface area contributed by atoms with Gasteiger partial charge in [0.1, 0.15) is 5.82 Å². The monoisotopic (exact) mass is 384 g/mol. The Morgan fingerprint density at radius 2 is 1.76 bits per heavy atom. The van der Waals surface area contributed by atoms with Gasteiger partial charge in [0.05, 0.1) is 0 Å². The first-order valence-corrected chi connectivity index (χ1v) is 10.2. The minimum absolute atomic E-state index is 0.126. The Morgan fingerprint density at radius 1 is 0.931 bits per heavy atom. The van der Waals surface area contributed by atoms with Crippen molar-refractivity contribution in [2.75, 3.05) is 10.2 Å². The molecule has 1 atom stereocenters. The van der Waals surface area contributed by atoms with Crippen LogP contribution in [0.5, 0.6) is 0 Å². The van der Waals surface area contributed by atoms with Gasteiger partial charge in [0.2, 0.25) is 0 Å². The molecular formula is C24H24N4O. The minimum Gasteiger partial charge on any atom is -0.348 e. The molecule has 1 aliphatic carbocycles. The highest BCUT2D eigenvalue weighted by Gasteiger charge is 2.24. The maximum absolute atomic E-state index is 12.7. The van der Waals surface area contributed by atoms with Crippen molar-refractivity contribution >= 4 is 17.5 Å². The molecule has 146 valence electrons. The molecule has 5 nitrogen and oxygen atoms in total. The second-order valence-corrected chi connectivity index (χ2v) is 7.79. The smallest absolute Gasteiger partial charge is 0.319 e. The predicted molar refractivity (Wildman–Crippen MR) is 115 cm³/mol. The Bertz CT molecular complexity index is 1030. The van der Waals surface area contributed by atoms with Gasteiger partial charge in [0.25, 0.3) is 0 Å². The van der Waals surface area contributed by atoms with Gasteiger partial charge in [-0.2, -0.15) is 0 Å². The summed E-state index contributed by atoms with van der Waals surface area (Å²) in [6.07, 6.45) is 4.70. The van der Waals surface area contributed by atoms with Crippen molar-refractivity contribution in [3.8, 4) is 0 Å². The van der Waals surface area contributed by atoms with Gasteiger partial charge in [-0.15, -0.1) is 0 Å². The number of nitrogens with one attached hydrogen (secondary N) is 2. The fraction of sp³-hybridized carbons (Fsp3) is 0.250. The number of amides is 2. The number of benzene rings is 2. The van der Waals surface area contributed by atoms with E-state index in [-0.39, 0.29) is 12.1 Å². The molecular weight excluding hydrogens is 360 g/mol. The van der Waals surface area contributed by atoms with E-state index in [1.807, 2.05) is 36.5 Å². The van der Waals surface area contributed by atoms with Crippen LogP contribution in [-0.2, 0) is 25.9 Å². The lowest BCUT2D eigenvalue weighted by Gasteiger charge is -2.25. The highest BCUT2D eigenvalue weighted by atomic mass is 16.2. The van der Waals surface area contributed by atoms with Gasteiger partial charge in [-0.05, 0) is 54.2 Å². The van der Waals surface area contributed by atoms with E-state index in [1.165, 1.54) is 22.3 Å². The first kappa shape index (κ1) is 17.7. The van der Waals surface area contributed by atoms with Crippen LogP contribution in [0.25, 0.3) is 0 Å². The highest BCUT2D eigenvalue weighted by Crippen LogP contribution is 2.32. The molecule has 0 bridgehead atoms. The van der Waals surface area contributed by atoms with Crippen molar-refractivity contribution in [2.24, 2.45) is 0 Å². The van der Waals surface area contributed by atoms with Gasteiger partial charge in [-0.25, -0.2) is 9.78 Å². The summed E-state index contributed by atoms with van der Waals surface area (Å²) >= 11 is 0. The Morgan fingerprint density at radius 3 is 2.62 bits per heavy atom. The third kappa shape index (κ3) is 3.68. The van der Waals surface area contributed by atoms with Crippen molar-refractivity contribution in [1.29, 1.82) is 0 Å². The average Bonchev–Trinajstić information content (AvgIpc) is 3.20. The fourth-order valence-corrected chi connectivity index (χ4v) is 4.41. The van der Waals surface area contributed by atoms with E-state index in [9.17, 15) is 4.79 Å². The summed E-state index contributed by atoms with van der Waals surface area (Å²) in [6, 6.07) is 20.6. The van der Waals surface area contributed by atoms with Gasteiger partial charge in [0.15, 0.2) is 0 Å². The van der Waals surface area contributed by atoms with E-state index in [1.54, 1.807) is 0 Å². The third-order valence-electron chi connectivity index (χ3n) is 5.89. The van der Waals surface area contributed by atoms with E-state index < -0.39 is 0 Å². The second-order valence-electron chi connectivity index (χ2n) is 7.79. The van der Waals surface area contributed by atoms with Crippen molar-refractivity contribution in [2.45, 2.75) is 38.4 Å². The number of urea groups is 1. The first-order valence-electron chi connectivity index (χ1n) is 10.2. The Labute approximate surface area is 170 Å².